The van der Waals surface area contributed by atoms with E-state index in [1.54, 1.807) is 25.3 Å². The number of methoxy groups -OCH3 is 1. The maximum absolute atomic E-state index is 12.2. The molecule has 2 rings (SSSR count). The minimum absolute atomic E-state index is 0.122. The summed E-state index contributed by atoms with van der Waals surface area (Å²) in [5, 5.41) is 6.91. The van der Waals surface area contributed by atoms with Crippen LogP contribution >= 0.6 is 27.5 Å². The Morgan fingerprint density at radius 2 is 2.40 bits per heavy atom. The van der Waals surface area contributed by atoms with Crippen LogP contribution < -0.4 is 10.6 Å². The third-order valence-electron chi connectivity index (χ3n) is 3.52. The highest BCUT2D eigenvalue weighted by Gasteiger charge is 2.33. The van der Waals surface area contributed by atoms with Crippen LogP contribution in [0.2, 0.25) is 5.02 Å². The minimum atomic E-state index is -0.149. The molecule has 1 aromatic rings. The topological polar surface area (TPSA) is 50.4 Å². The number of amides is 1. The third kappa shape index (κ3) is 3.73. The lowest BCUT2D eigenvalue weighted by molar-refractivity contribution is 0.0892. The molecule has 1 heterocycles. The van der Waals surface area contributed by atoms with Crippen LogP contribution in [0.25, 0.3) is 0 Å². The summed E-state index contributed by atoms with van der Waals surface area (Å²) in [6.07, 6.45) is 2.10. The highest BCUT2D eigenvalue weighted by atomic mass is 79.9. The van der Waals surface area contributed by atoms with Gasteiger partial charge in [0.2, 0.25) is 0 Å². The summed E-state index contributed by atoms with van der Waals surface area (Å²) in [5.41, 5.74) is 0.410. The molecule has 1 aliphatic rings. The fourth-order valence-electron chi connectivity index (χ4n) is 2.46. The average Bonchev–Trinajstić information content (AvgIpc) is 2.89. The number of carbonyl (C=O) groups excluding carboxylic acids is 1. The van der Waals surface area contributed by atoms with Gasteiger partial charge < -0.3 is 15.4 Å². The van der Waals surface area contributed by atoms with Crippen molar-refractivity contribution in [1.82, 2.24) is 10.6 Å². The van der Waals surface area contributed by atoms with E-state index in [0.29, 0.717) is 23.7 Å². The lowest BCUT2D eigenvalue weighted by Gasteiger charge is -2.29. The number of nitrogens with one attached hydrogen (secondary N) is 2. The van der Waals surface area contributed by atoms with Gasteiger partial charge in [0.15, 0.2) is 0 Å². The highest BCUT2D eigenvalue weighted by molar-refractivity contribution is 9.10. The normalized spacial score (nSPS) is 21.9. The van der Waals surface area contributed by atoms with Crippen molar-refractivity contribution in [2.75, 3.05) is 26.8 Å². The first-order valence-electron chi connectivity index (χ1n) is 6.53. The Morgan fingerprint density at radius 3 is 3.00 bits per heavy atom. The van der Waals surface area contributed by atoms with Gasteiger partial charge in [-0.1, -0.05) is 11.6 Å². The van der Waals surface area contributed by atoms with Gasteiger partial charge in [-0.05, 0) is 53.5 Å². The summed E-state index contributed by atoms with van der Waals surface area (Å²) in [6, 6.07) is 5.18. The van der Waals surface area contributed by atoms with Crippen molar-refractivity contribution in [3.8, 4) is 0 Å². The summed E-state index contributed by atoms with van der Waals surface area (Å²) in [4.78, 5) is 12.2. The van der Waals surface area contributed by atoms with Gasteiger partial charge in [-0.3, -0.25) is 4.79 Å². The van der Waals surface area contributed by atoms with Crippen LogP contribution in [0.15, 0.2) is 22.7 Å². The van der Waals surface area contributed by atoms with E-state index in [-0.39, 0.29) is 11.4 Å². The Labute approximate surface area is 132 Å². The summed E-state index contributed by atoms with van der Waals surface area (Å²) >= 11 is 9.31. The average molecular weight is 362 g/mol. The molecular weight excluding hydrogens is 344 g/mol. The van der Waals surface area contributed by atoms with Gasteiger partial charge in [0.05, 0.1) is 17.2 Å². The summed E-state index contributed by atoms with van der Waals surface area (Å²) in [6.45, 7) is 2.10. The first-order chi connectivity index (χ1) is 9.56. The standard InChI is InChI=1S/C14H18BrClN2O2/c1-20-9-14(5-2-6-18-14)8-17-13(19)10-3-4-11(15)12(16)7-10/h3-4,7,18H,2,5-6,8-9H2,1H3,(H,17,19). The van der Waals surface area contributed by atoms with E-state index in [9.17, 15) is 4.79 Å². The monoisotopic (exact) mass is 360 g/mol. The van der Waals surface area contributed by atoms with Crippen molar-refractivity contribution in [1.29, 1.82) is 0 Å². The maximum atomic E-state index is 12.2. The SMILES string of the molecule is COCC1(CNC(=O)c2ccc(Br)c(Cl)c2)CCCN1. The molecule has 1 aliphatic heterocycles. The molecule has 1 atom stereocenters. The Balaban J connectivity index is 1.98. The first-order valence-corrected chi connectivity index (χ1v) is 7.71. The predicted octanol–water partition coefficient (Wildman–Crippen LogP) is 2.60. The van der Waals surface area contributed by atoms with Gasteiger partial charge in [-0.2, -0.15) is 0 Å². The van der Waals surface area contributed by atoms with Crippen molar-refractivity contribution in [3.63, 3.8) is 0 Å². The van der Waals surface area contributed by atoms with Crippen molar-refractivity contribution < 1.29 is 9.53 Å². The van der Waals surface area contributed by atoms with Gasteiger partial charge in [0.1, 0.15) is 0 Å². The largest absolute Gasteiger partial charge is 0.383 e. The summed E-state index contributed by atoms with van der Waals surface area (Å²) in [7, 11) is 1.68. The molecule has 1 fully saturated rings. The zero-order valence-electron chi connectivity index (χ0n) is 11.3. The third-order valence-corrected chi connectivity index (χ3v) is 4.75. The molecule has 1 amide bonds. The van der Waals surface area contributed by atoms with Gasteiger partial charge in [-0.15, -0.1) is 0 Å². The highest BCUT2D eigenvalue weighted by Crippen LogP contribution is 2.23. The number of hydrogen-bond acceptors (Lipinski definition) is 3. The van der Waals surface area contributed by atoms with E-state index < -0.39 is 0 Å². The second-order valence-electron chi connectivity index (χ2n) is 5.06. The van der Waals surface area contributed by atoms with Crippen molar-refractivity contribution in [2.45, 2.75) is 18.4 Å². The number of rotatable bonds is 5. The minimum Gasteiger partial charge on any atom is -0.383 e. The number of hydrogen-bond donors (Lipinski definition) is 2. The van der Waals surface area contributed by atoms with E-state index in [2.05, 4.69) is 26.6 Å². The fourth-order valence-corrected chi connectivity index (χ4v) is 2.89. The molecule has 1 aromatic carbocycles. The Morgan fingerprint density at radius 1 is 1.60 bits per heavy atom. The molecular formula is C14H18BrClN2O2. The number of carbonyl (C=O) groups is 1. The molecule has 0 saturated carbocycles. The van der Waals surface area contributed by atoms with E-state index in [4.69, 9.17) is 16.3 Å². The molecule has 110 valence electrons. The Hall–Kier alpha value is -0.620. The molecule has 1 saturated heterocycles. The second-order valence-corrected chi connectivity index (χ2v) is 6.32. The number of ether oxygens (including phenoxy) is 1. The van der Waals surface area contributed by atoms with Crippen LogP contribution in [0.4, 0.5) is 0 Å². The summed E-state index contributed by atoms with van der Waals surface area (Å²) < 4.78 is 6.04. The molecule has 4 nitrogen and oxygen atoms in total. The lowest BCUT2D eigenvalue weighted by Crippen LogP contribution is -2.53. The molecule has 0 bridgehead atoms. The number of halogens is 2. The molecule has 0 aromatic heterocycles. The van der Waals surface area contributed by atoms with E-state index >= 15 is 0 Å². The van der Waals surface area contributed by atoms with Crippen molar-refractivity contribution >= 4 is 33.4 Å². The van der Waals surface area contributed by atoms with E-state index in [1.807, 2.05) is 0 Å². The van der Waals surface area contributed by atoms with Crippen LogP contribution in [0.5, 0.6) is 0 Å². The lowest BCUT2D eigenvalue weighted by atomic mass is 9.98. The first kappa shape index (κ1) is 15.8. The van der Waals surface area contributed by atoms with Crippen LogP contribution in [0, 0.1) is 0 Å². The molecule has 0 aliphatic carbocycles. The van der Waals surface area contributed by atoms with Crippen LogP contribution in [0.3, 0.4) is 0 Å². The molecule has 6 heteroatoms. The molecule has 1 unspecified atom stereocenters. The van der Waals surface area contributed by atoms with E-state index in [0.717, 1.165) is 23.9 Å². The van der Waals surface area contributed by atoms with Gasteiger partial charge >= 0.3 is 0 Å². The van der Waals surface area contributed by atoms with Crippen molar-refractivity contribution in [2.24, 2.45) is 0 Å². The molecule has 2 N–H and O–H groups in total. The van der Waals surface area contributed by atoms with E-state index in [1.165, 1.54) is 0 Å². The quantitative estimate of drug-likeness (QED) is 0.847. The predicted molar refractivity (Wildman–Crippen MR) is 83.3 cm³/mol. The number of benzene rings is 1. The van der Waals surface area contributed by atoms with Crippen LogP contribution in [-0.2, 0) is 4.74 Å². The zero-order chi connectivity index (χ0) is 14.6. The zero-order valence-corrected chi connectivity index (χ0v) is 13.7. The van der Waals surface area contributed by atoms with Crippen molar-refractivity contribution in [3.05, 3.63) is 33.3 Å². The summed E-state index contributed by atoms with van der Waals surface area (Å²) in [5.74, 6) is -0.122. The van der Waals surface area contributed by atoms with Gasteiger partial charge in [0, 0.05) is 23.7 Å². The Bertz CT molecular complexity index is 490. The molecule has 0 spiro atoms. The van der Waals surface area contributed by atoms with Crippen LogP contribution in [-0.4, -0.2) is 38.3 Å². The molecule has 0 radical (unpaired) electrons. The fraction of sp³-hybridized carbons (Fsp3) is 0.500. The Kier molecular flexibility index (Phi) is 5.43. The van der Waals surface area contributed by atoms with Crippen LogP contribution in [0.1, 0.15) is 23.2 Å². The van der Waals surface area contributed by atoms with Gasteiger partial charge in [-0.25, -0.2) is 0 Å². The molecule has 20 heavy (non-hydrogen) atoms. The second kappa shape index (κ2) is 6.89. The smallest absolute Gasteiger partial charge is 0.251 e. The van der Waals surface area contributed by atoms with Gasteiger partial charge in [0.25, 0.3) is 5.91 Å². The maximum Gasteiger partial charge on any atom is 0.251 e.